The van der Waals surface area contributed by atoms with Crippen molar-refractivity contribution in [3.8, 4) is 0 Å². The van der Waals surface area contributed by atoms with Gasteiger partial charge in [0.05, 0.1) is 0 Å². The molecule has 0 saturated carbocycles. The highest BCUT2D eigenvalue weighted by Crippen LogP contribution is 2.02. The number of rotatable bonds is 3. The Bertz CT molecular complexity index is 169. The maximum Gasteiger partial charge on any atom is 0.129 e. The molecule has 3 heteroatoms. The molecule has 1 aromatic heterocycles. The molecule has 0 spiro atoms. The van der Waals surface area contributed by atoms with Crippen LogP contribution < -0.4 is 0 Å². The predicted molar refractivity (Wildman–Crippen MR) is 38.4 cm³/mol. The third-order valence-corrected chi connectivity index (χ3v) is 1.69. The van der Waals surface area contributed by atoms with Crippen molar-refractivity contribution in [2.75, 3.05) is 0 Å². The molecule has 0 unspecified atom stereocenters. The van der Waals surface area contributed by atoms with Gasteiger partial charge in [0.2, 0.25) is 0 Å². The lowest BCUT2D eigenvalue weighted by Crippen LogP contribution is -1.78. The van der Waals surface area contributed by atoms with Gasteiger partial charge in [-0.1, -0.05) is 6.08 Å². The number of hydrogen-bond donors (Lipinski definition) is 0. The molecule has 1 heterocycles. The highest BCUT2D eigenvalue weighted by Gasteiger charge is 1.91. The normalized spacial score (nSPS) is 9.33. The lowest BCUT2D eigenvalue weighted by molar-refractivity contribution is 0.981. The molecule has 0 aliphatic heterocycles. The summed E-state index contributed by atoms with van der Waals surface area (Å²) in [6, 6.07) is 0. The first kappa shape index (κ1) is 6.42. The number of nitrogens with zero attached hydrogens (tertiary/aromatic N) is 2. The Balaban J connectivity index is 2.38. The fraction of sp³-hybridized carbons (Fsp3) is 0.333. The second kappa shape index (κ2) is 3.35. The molecule has 0 N–H and O–H groups in total. The zero-order valence-electron chi connectivity index (χ0n) is 5.08. The Morgan fingerprint density at radius 3 is 3.22 bits per heavy atom. The minimum Gasteiger partial charge on any atom is -0.228 e. The minimum absolute atomic E-state index is 0.980. The summed E-state index contributed by atoms with van der Waals surface area (Å²) in [4.78, 5) is 4.01. The van der Waals surface area contributed by atoms with Crippen LogP contribution in [0.15, 0.2) is 19.0 Å². The molecular weight excluding hydrogens is 132 g/mol. The molecule has 1 aromatic rings. The Kier molecular flexibility index (Phi) is 2.39. The van der Waals surface area contributed by atoms with Crippen LogP contribution in [-0.2, 0) is 6.42 Å². The number of aryl methyl sites for hydroxylation is 1. The minimum atomic E-state index is 0.980. The second-order valence-electron chi connectivity index (χ2n) is 1.66. The molecule has 0 aliphatic carbocycles. The zero-order valence-corrected chi connectivity index (χ0v) is 5.90. The maximum absolute atomic E-state index is 4.01. The molecule has 1 rings (SSSR count). The van der Waals surface area contributed by atoms with Gasteiger partial charge < -0.3 is 0 Å². The largest absolute Gasteiger partial charge is 0.228 e. The quantitative estimate of drug-likeness (QED) is 0.597. The van der Waals surface area contributed by atoms with Crippen molar-refractivity contribution >= 4 is 11.5 Å². The Labute approximate surface area is 58.4 Å². The first-order valence-electron chi connectivity index (χ1n) is 2.80. The van der Waals surface area contributed by atoms with Crippen molar-refractivity contribution in [2.45, 2.75) is 12.8 Å². The van der Waals surface area contributed by atoms with E-state index in [-0.39, 0.29) is 0 Å². The third-order valence-electron chi connectivity index (χ3n) is 0.969. The van der Waals surface area contributed by atoms with E-state index in [1.807, 2.05) is 6.08 Å². The summed E-state index contributed by atoms with van der Waals surface area (Å²) in [5, 5.41) is 1.09. The molecule has 0 atom stereocenters. The van der Waals surface area contributed by atoms with Crippen LogP contribution in [0.3, 0.4) is 0 Å². The zero-order chi connectivity index (χ0) is 6.53. The van der Waals surface area contributed by atoms with Crippen LogP contribution in [0.2, 0.25) is 0 Å². The van der Waals surface area contributed by atoms with E-state index in [0.717, 1.165) is 17.8 Å². The predicted octanol–water partition coefficient (Wildman–Crippen LogP) is 1.66. The van der Waals surface area contributed by atoms with Gasteiger partial charge in [0.25, 0.3) is 0 Å². The molecule has 0 fully saturated rings. The van der Waals surface area contributed by atoms with Crippen molar-refractivity contribution in [3.05, 3.63) is 24.0 Å². The van der Waals surface area contributed by atoms with Crippen molar-refractivity contribution in [3.63, 3.8) is 0 Å². The molecule has 0 amide bonds. The van der Waals surface area contributed by atoms with Crippen LogP contribution in [0.25, 0.3) is 0 Å². The lowest BCUT2D eigenvalue weighted by atomic mass is 10.3. The van der Waals surface area contributed by atoms with E-state index >= 15 is 0 Å². The van der Waals surface area contributed by atoms with E-state index in [4.69, 9.17) is 0 Å². The molecule has 48 valence electrons. The number of hydrogen-bond acceptors (Lipinski definition) is 3. The molecule has 0 aliphatic rings. The fourth-order valence-corrected chi connectivity index (χ4v) is 1.05. The third kappa shape index (κ3) is 1.93. The van der Waals surface area contributed by atoms with E-state index in [9.17, 15) is 0 Å². The lowest BCUT2D eigenvalue weighted by Gasteiger charge is -1.84. The van der Waals surface area contributed by atoms with E-state index in [0.29, 0.717) is 0 Å². The van der Waals surface area contributed by atoms with Gasteiger partial charge in [0.15, 0.2) is 0 Å². The van der Waals surface area contributed by atoms with Crippen molar-refractivity contribution in [2.24, 2.45) is 0 Å². The molecule has 0 bridgehead atoms. The molecule has 9 heavy (non-hydrogen) atoms. The monoisotopic (exact) mass is 140 g/mol. The Morgan fingerprint density at radius 2 is 2.67 bits per heavy atom. The summed E-state index contributed by atoms with van der Waals surface area (Å²) in [5.41, 5.74) is 0. The van der Waals surface area contributed by atoms with E-state index in [1.165, 1.54) is 11.5 Å². The maximum atomic E-state index is 4.01. The van der Waals surface area contributed by atoms with Gasteiger partial charge in [-0.15, -0.1) is 6.58 Å². The topological polar surface area (TPSA) is 25.8 Å². The van der Waals surface area contributed by atoms with Gasteiger partial charge >= 0.3 is 0 Å². The SMILES string of the molecule is C=CCCc1ncns1. The summed E-state index contributed by atoms with van der Waals surface area (Å²) in [6.45, 7) is 3.62. The number of aromatic nitrogens is 2. The van der Waals surface area contributed by atoms with Crippen LogP contribution in [0.5, 0.6) is 0 Å². The highest BCUT2D eigenvalue weighted by atomic mass is 32.1. The summed E-state index contributed by atoms with van der Waals surface area (Å²) in [7, 11) is 0. The van der Waals surface area contributed by atoms with Crippen LogP contribution in [0, 0.1) is 0 Å². The molecule has 2 nitrogen and oxygen atoms in total. The van der Waals surface area contributed by atoms with Crippen LogP contribution in [0.4, 0.5) is 0 Å². The fourth-order valence-electron chi connectivity index (χ4n) is 0.532. The Hall–Kier alpha value is -0.700. The van der Waals surface area contributed by atoms with E-state index < -0.39 is 0 Å². The average Bonchev–Trinajstić information content (AvgIpc) is 2.34. The van der Waals surface area contributed by atoms with Crippen LogP contribution in [0.1, 0.15) is 11.4 Å². The van der Waals surface area contributed by atoms with E-state index in [1.54, 1.807) is 6.33 Å². The molecule has 0 radical (unpaired) electrons. The van der Waals surface area contributed by atoms with Gasteiger partial charge in [0, 0.05) is 6.42 Å². The first-order valence-corrected chi connectivity index (χ1v) is 3.57. The van der Waals surface area contributed by atoms with Crippen LogP contribution in [-0.4, -0.2) is 9.36 Å². The van der Waals surface area contributed by atoms with Gasteiger partial charge in [-0.05, 0) is 18.0 Å². The van der Waals surface area contributed by atoms with Gasteiger partial charge in [-0.25, -0.2) is 4.98 Å². The van der Waals surface area contributed by atoms with Crippen LogP contribution >= 0.6 is 11.5 Å². The summed E-state index contributed by atoms with van der Waals surface area (Å²) >= 11 is 1.45. The molecule has 0 aromatic carbocycles. The average molecular weight is 140 g/mol. The Morgan fingerprint density at radius 1 is 1.78 bits per heavy atom. The van der Waals surface area contributed by atoms with Gasteiger partial charge in [-0.3, -0.25) is 0 Å². The van der Waals surface area contributed by atoms with Crippen molar-refractivity contribution < 1.29 is 0 Å². The van der Waals surface area contributed by atoms with E-state index in [2.05, 4.69) is 15.9 Å². The molecular formula is C6H8N2S. The smallest absolute Gasteiger partial charge is 0.129 e. The summed E-state index contributed by atoms with van der Waals surface area (Å²) in [5.74, 6) is 0. The van der Waals surface area contributed by atoms with Crippen molar-refractivity contribution in [1.82, 2.24) is 9.36 Å². The van der Waals surface area contributed by atoms with Crippen molar-refractivity contribution in [1.29, 1.82) is 0 Å². The standard InChI is InChI=1S/C6H8N2S/c1-2-3-4-6-7-5-8-9-6/h2,5H,1,3-4H2. The number of allylic oxidation sites excluding steroid dienone is 1. The van der Waals surface area contributed by atoms with Gasteiger partial charge in [0.1, 0.15) is 11.3 Å². The second-order valence-corrected chi connectivity index (χ2v) is 2.53. The molecule has 0 saturated heterocycles. The van der Waals surface area contributed by atoms with Gasteiger partial charge in [-0.2, -0.15) is 4.37 Å². The first-order chi connectivity index (χ1) is 4.43. The summed E-state index contributed by atoms with van der Waals surface area (Å²) in [6.07, 6.45) is 5.45. The highest BCUT2D eigenvalue weighted by molar-refractivity contribution is 7.05. The summed E-state index contributed by atoms with van der Waals surface area (Å²) < 4.78 is 3.87.